The van der Waals surface area contributed by atoms with Crippen LogP contribution in [0.1, 0.15) is 10.4 Å². The third kappa shape index (κ3) is 2.87. The smallest absolute Gasteiger partial charge is 0.256 e. The van der Waals surface area contributed by atoms with Crippen molar-refractivity contribution in [2.75, 3.05) is 11.1 Å². The van der Waals surface area contributed by atoms with Gasteiger partial charge in [0.2, 0.25) is 0 Å². The van der Waals surface area contributed by atoms with Crippen molar-refractivity contribution in [2.24, 2.45) is 0 Å². The van der Waals surface area contributed by atoms with Crippen LogP contribution < -0.4 is 11.1 Å². The molecule has 0 saturated carbocycles. The zero-order chi connectivity index (χ0) is 14.8. The predicted molar refractivity (Wildman–Crippen MR) is 88.3 cm³/mol. The number of nitrogens with one attached hydrogen (secondary N) is 1. The number of carbonyl (C=O) groups is 1. The average Bonchev–Trinajstić information content (AvgIpc) is 2.48. The average molecular weight is 342 g/mol. The summed E-state index contributed by atoms with van der Waals surface area (Å²) >= 11 is 3.36. The number of carbonyl (C=O) groups excluding carboxylic acids is 1. The first-order valence-electron chi connectivity index (χ1n) is 6.36. The summed E-state index contributed by atoms with van der Waals surface area (Å²) < 4.78 is 0.958. The molecule has 3 aromatic rings. The van der Waals surface area contributed by atoms with Gasteiger partial charge in [-0.05, 0) is 36.4 Å². The summed E-state index contributed by atoms with van der Waals surface area (Å²) in [5.74, 6) is 0.122. The Hall–Kier alpha value is -2.40. The van der Waals surface area contributed by atoms with Gasteiger partial charge in [0.05, 0.1) is 11.1 Å². The van der Waals surface area contributed by atoms with Gasteiger partial charge in [0, 0.05) is 15.5 Å². The Morgan fingerprint density at radius 1 is 1.10 bits per heavy atom. The van der Waals surface area contributed by atoms with E-state index in [1.807, 2.05) is 48.5 Å². The number of halogens is 1. The molecule has 104 valence electrons. The minimum atomic E-state index is -0.206. The maximum atomic E-state index is 12.5. The second-order valence-corrected chi connectivity index (χ2v) is 5.49. The molecule has 0 spiro atoms. The Kier molecular flexibility index (Phi) is 3.58. The summed E-state index contributed by atoms with van der Waals surface area (Å²) in [5.41, 5.74) is 7.72. The van der Waals surface area contributed by atoms with E-state index >= 15 is 0 Å². The van der Waals surface area contributed by atoms with Crippen molar-refractivity contribution in [3.05, 3.63) is 64.6 Å². The lowest BCUT2D eigenvalue weighted by Crippen LogP contribution is -2.13. The van der Waals surface area contributed by atoms with Crippen LogP contribution in [0, 0.1) is 0 Å². The number of nitrogens with zero attached hydrogens (tertiary/aromatic N) is 1. The van der Waals surface area contributed by atoms with Crippen LogP contribution in [0.4, 0.5) is 11.5 Å². The number of hydrogen-bond donors (Lipinski definition) is 2. The molecule has 0 unspecified atom stereocenters. The highest BCUT2D eigenvalue weighted by atomic mass is 79.9. The van der Waals surface area contributed by atoms with Gasteiger partial charge in [0.1, 0.15) is 5.82 Å². The van der Waals surface area contributed by atoms with Crippen molar-refractivity contribution in [3.63, 3.8) is 0 Å². The van der Waals surface area contributed by atoms with Crippen LogP contribution in [0.25, 0.3) is 10.9 Å². The number of aromatic nitrogens is 1. The molecule has 0 atom stereocenters. The van der Waals surface area contributed by atoms with Crippen LogP contribution in [-0.4, -0.2) is 10.9 Å². The highest BCUT2D eigenvalue weighted by Gasteiger charge is 2.12. The number of nitrogens with two attached hydrogens (primary N) is 1. The first-order chi connectivity index (χ1) is 10.1. The fourth-order valence-corrected chi connectivity index (χ4v) is 2.38. The van der Waals surface area contributed by atoms with Gasteiger partial charge < -0.3 is 11.1 Å². The second-order valence-electron chi connectivity index (χ2n) is 4.57. The van der Waals surface area contributed by atoms with E-state index in [9.17, 15) is 4.79 Å². The molecular formula is C16H12BrN3O. The van der Waals surface area contributed by atoms with Crippen molar-refractivity contribution in [3.8, 4) is 0 Å². The van der Waals surface area contributed by atoms with Gasteiger partial charge in [-0.1, -0.05) is 34.1 Å². The van der Waals surface area contributed by atoms with Crippen LogP contribution in [-0.2, 0) is 0 Å². The monoisotopic (exact) mass is 341 g/mol. The second kappa shape index (κ2) is 5.54. The van der Waals surface area contributed by atoms with E-state index in [0.29, 0.717) is 16.9 Å². The van der Waals surface area contributed by atoms with Crippen molar-refractivity contribution in [1.29, 1.82) is 0 Å². The Bertz CT molecular complexity index is 815. The van der Waals surface area contributed by atoms with E-state index in [2.05, 4.69) is 26.2 Å². The van der Waals surface area contributed by atoms with Crippen molar-refractivity contribution in [2.45, 2.75) is 0 Å². The van der Waals surface area contributed by atoms with E-state index in [-0.39, 0.29) is 5.91 Å². The lowest BCUT2D eigenvalue weighted by Gasteiger charge is -2.09. The molecule has 1 aromatic heterocycles. The molecule has 0 aliphatic rings. The lowest BCUT2D eigenvalue weighted by atomic mass is 10.1. The summed E-state index contributed by atoms with van der Waals surface area (Å²) in [6.45, 7) is 0. The van der Waals surface area contributed by atoms with E-state index in [4.69, 9.17) is 5.73 Å². The van der Waals surface area contributed by atoms with Gasteiger partial charge in [0.25, 0.3) is 5.91 Å². The van der Waals surface area contributed by atoms with Crippen LogP contribution >= 0.6 is 15.9 Å². The van der Waals surface area contributed by atoms with Crippen molar-refractivity contribution < 1.29 is 4.79 Å². The Labute approximate surface area is 130 Å². The predicted octanol–water partition coefficient (Wildman–Crippen LogP) is 3.83. The van der Waals surface area contributed by atoms with Gasteiger partial charge in [-0.15, -0.1) is 0 Å². The third-order valence-corrected chi connectivity index (χ3v) is 3.61. The standard InChI is InChI=1S/C16H12BrN3O/c17-10-5-7-11(8-6-10)19-16(21)13-9-15(18)20-14-4-2-1-3-12(13)14/h1-9H,(H2,18,20)(H,19,21). The number of fused-ring (bicyclic) bond motifs is 1. The molecule has 0 fully saturated rings. The van der Waals surface area contributed by atoms with Gasteiger partial charge in [-0.3, -0.25) is 4.79 Å². The largest absolute Gasteiger partial charge is 0.384 e. The number of para-hydroxylation sites is 1. The topological polar surface area (TPSA) is 68.0 Å². The highest BCUT2D eigenvalue weighted by Crippen LogP contribution is 2.21. The summed E-state index contributed by atoms with van der Waals surface area (Å²) in [5, 5.41) is 3.64. The molecule has 1 amide bonds. The fourth-order valence-electron chi connectivity index (χ4n) is 2.12. The van der Waals surface area contributed by atoms with E-state index in [1.54, 1.807) is 6.07 Å². The normalized spacial score (nSPS) is 10.5. The van der Waals surface area contributed by atoms with Gasteiger partial charge >= 0.3 is 0 Å². The molecule has 4 nitrogen and oxygen atoms in total. The van der Waals surface area contributed by atoms with Crippen molar-refractivity contribution >= 4 is 44.2 Å². The van der Waals surface area contributed by atoms with E-state index in [1.165, 1.54) is 0 Å². The zero-order valence-electron chi connectivity index (χ0n) is 11.0. The summed E-state index contributed by atoms with van der Waals surface area (Å²) in [7, 11) is 0. The van der Waals surface area contributed by atoms with Gasteiger partial charge in [-0.25, -0.2) is 4.98 Å². The number of rotatable bonds is 2. The van der Waals surface area contributed by atoms with Crippen LogP contribution in [0.3, 0.4) is 0 Å². The maximum absolute atomic E-state index is 12.5. The van der Waals surface area contributed by atoms with Gasteiger partial charge in [-0.2, -0.15) is 0 Å². The Balaban J connectivity index is 1.99. The first kappa shape index (κ1) is 13.6. The molecule has 21 heavy (non-hydrogen) atoms. The zero-order valence-corrected chi connectivity index (χ0v) is 12.6. The number of benzene rings is 2. The first-order valence-corrected chi connectivity index (χ1v) is 7.15. The molecule has 0 bridgehead atoms. The fraction of sp³-hybridized carbons (Fsp3) is 0. The summed E-state index contributed by atoms with van der Waals surface area (Å²) in [6, 6.07) is 16.4. The molecule has 3 rings (SSSR count). The molecule has 2 aromatic carbocycles. The minimum Gasteiger partial charge on any atom is -0.384 e. The lowest BCUT2D eigenvalue weighted by molar-refractivity contribution is 0.102. The van der Waals surface area contributed by atoms with Crippen LogP contribution in [0.15, 0.2) is 59.1 Å². The number of hydrogen-bond acceptors (Lipinski definition) is 3. The summed E-state index contributed by atoms with van der Waals surface area (Å²) in [6.07, 6.45) is 0. The molecule has 0 saturated heterocycles. The molecule has 5 heteroatoms. The van der Waals surface area contributed by atoms with E-state index in [0.717, 1.165) is 15.5 Å². The van der Waals surface area contributed by atoms with Gasteiger partial charge in [0.15, 0.2) is 0 Å². The minimum absolute atomic E-state index is 0.206. The van der Waals surface area contributed by atoms with Crippen LogP contribution in [0.2, 0.25) is 0 Å². The molecule has 3 N–H and O–H groups in total. The number of anilines is 2. The molecule has 0 aliphatic carbocycles. The number of pyridine rings is 1. The van der Waals surface area contributed by atoms with E-state index < -0.39 is 0 Å². The Morgan fingerprint density at radius 2 is 1.81 bits per heavy atom. The number of amides is 1. The van der Waals surface area contributed by atoms with Crippen molar-refractivity contribution in [1.82, 2.24) is 4.98 Å². The Morgan fingerprint density at radius 3 is 2.57 bits per heavy atom. The molecule has 0 aliphatic heterocycles. The highest BCUT2D eigenvalue weighted by molar-refractivity contribution is 9.10. The third-order valence-electron chi connectivity index (χ3n) is 3.08. The molecular weight excluding hydrogens is 330 g/mol. The molecule has 0 radical (unpaired) electrons. The summed E-state index contributed by atoms with van der Waals surface area (Å²) in [4.78, 5) is 16.7. The number of nitrogen functional groups attached to an aromatic ring is 1. The SMILES string of the molecule is Nc1cc(C(=O)Nc2ccc(Br)cc2)c2ccccc2n1. The quantitative estimate of drug-likeness (QED) is 0.744. The van der Waals surface area contributed by atoms with Crippen LogP contribution in [0.5, 0.6) is 0 Å². The maximum Gasteiger partial charge on any atom is 0.256 e. The molecule has 1 heterocycles.